The summed E-state index contributed by atoms with van der Waals surface area (Å²) in [4.78, 5) is 28.5. The molecule has 0 saturated heterocycles. The van der Waals surface area contributed by atoms with E-state index in [1.807, 2.05) is 72.8 Å². The fraction of sp³-hybridized carbons (Fsp3) is 0.0690. The summed E-state index contributed by atoms with van der Waals surface area (Å²) in [6.07, 6.45) is 6.69. The molecule has 0 fully saturated rings. The van der Waals surface area contributed by atoms with Gasteiger partial charge in [-0.1, -0.05) is 60.7 Å². The predicted octanol–water partition coefficient (Wildman–Crippen LogP) is 5.40. The topological polar surface area (TPSA) is 83.1 Å². The van der Waals surface area contributed by atoms with Crippen LogP contribution in [0.1, 0.15) is 16.7 Å². The van der Waals surface area contributed by atoms with Gasteiger partial charge in [-0.15, -0.1) is 0 Å². The molecule has 6 heteroatoms. The number of hydrogen-bond donors (Lipinski definition) is 3. The highest BCUT2D eigenvalue weighted by Crippen LogP contribution is 2.20. The van der Waals surface area contributed by atoms with Gasteiger partial charge in [-0.25, -0.2) is 4.79 Å². The second-order valence-electron chi connectivity index (χ2n) is 7.91. The van der Waals surface area contributed by atoms with Crippen molar-refractivity contribution >= 4 is 23.7 Å². The Morgan fingerprint density at radius 1 is 0.714 bits per heavy atom. The van der Waals surface area contributed by atoms with Crippen molar-refractivity contribution in [3.63, 3.8) is 0 Å². The van der Waals surface area contributed by atoms with E-state index in [0.29, 0.717) is 18.8 Å². The highest BCUT2D eigenvalue weighted by atomic mass is 16.2. The summed E-state index contributed by atoms with van der Waals surface area (Å²) >= 11 is 0. The van der Waals surface area contributed by atoms with Crippen LogP contribution in [0.25, 0.3) is 17.2 Å². The fourth-order valence-electron chi connectivity index (χ4n) is 3.49. The van der Waals surface area contributed by atoms with Crippen LogP contribution >= 0.6 is 0 Å². The molecule has 35 heavy (non-hydrogen) atoms. The van der Waals surface area contributed by atoms with Crippen molar-refractivity contribution < 1.29 is 9.59 Å². The average Bonchev–Trinajstić information content (AvgIpc) is 2.91. The lowest BCUT2D eigenvalue weighted by molar-refractivity contribution is -0.116. The van der Waals surface area contributed by atoms with Crippen LogP contribution in [0.4, 0.5) is 10.5 Å². The number of hydrogen-bond acceptors (Lipinski definition) is 3. The molecule has 0 aliphatic rings. The lowest BCUT2D eigenvalue weighted by Crippen LogP contribution is -2.28. The molecule has 4 rings (SSSR count). The van der Waals surface area contributed by atoms with Gasteiger partial charge < -0.3 is 16.0 Å². The fourth-order valence-corrected chi connectivity index (χ4v) is 3.49. The van der Waals surface area contributed by atoms with Crippen LogP contribution in [0.15, 0.2) is 109 Å². The van der Waals surface area contributed by atoms with E-state index < -0.39 is 0 Å². The number of aromatic nitrogens is 1. The Morgan fingerprint density at radius 3 is 2.29 bits per heavy atom. The number of nitrogens with zero attached hydrogens (tertiary/aromatic N) is 1. The zero-order chi connectivity index (χ0) is 24.3. The predicted molar refractivity (Wildman–Crippen MR) is 139 cm³/mol. The van der Waals surface area contributed by atoms with Crippen LogP contribution in [0.5, 0.6) is 0 Å². The number of pyridine rings is 1. The highest BCUT2D eigenvalue weighted by molar-refractivity contribution is 5.92. The van der Waals surface area contributed by atoms with E-state index in [1.54, 1.807) is 24.5 Å². The molecule has 3 aromatic carbocycles. The summed E-state index contributed by atoms with van der Waals surface area (Å²) < 4.78 is 0. The lowest BCUT2D eigenvalue weighted by atomic mass is 10.0. The number of nitrogens with one attached hydrogen (secondary N) is 3. The number of urea groups is 1. The zero-order valence-electron chi connectivity index (χ0n) is 19.1. The Labute approximate surface area is 204 Å². The van der Waals surface area contributed by atoms with Gasteiger partial charge in [-0.3, -0.25) is 9.78 Å². The standard InChI is InChI=1S/C29H26N4O2/c34-28(13-12-22-6-4-10-26(18-22)25-8-2-1-3-9-25)31-21-24-7-5-11-27(19-24)33-29(35)32-20-23-14-16-30-17-15-23/h1-19H,20-21H2,(H,31,34)(H2,32,33,35). The van der Waals surface area contributed by atoms with E-state index in [9.17, 15) is 9.59 Å². The van der Waals surface area contributed by atoms with Gasteiger partial charge in [0.25, 0.3) is 0 Å². The molecule has 0 aliphatic carbocycles. The maximum absolute atomic E-state index is 12.3. The minimum absolute atomic E-state index is 0.191. The van der Waals surface area contributed by atoms with Crippen molar-refractivity contribution in [2.75, 3.05) is 5.32 Å². The van der Waals surface area contributed by atoms with Gasteiger partial charge >= 0.3 is 6.03 Å². The molecule has 1 heterocycles. The smallest absolute Gasteiger partial charge is 0.319 e. The first kappa shape index (κ1) is 23.4. The van der Waals surface area contributed by atoms with Crippen LogP contribution < -0.4 is 16.0 Å². The average molecular weight is 463 g/mol. The van der Waals surface area contributed by atoms with E-state index in [-0.39, 0.29) is 11.9 Å². The molecule has 0 unspecified atom stereocenters. The number of amides is 3. The molecule has 174 valence electrons. The van der Waals surface area contributed by atoms with Gasteiger partial charge in [0.15, 0.2) is 0 Å². The largest absolute Gasteiger partial charge is 0.348 e. The van der Waals surface area contributed by atoms with Gasteiger partial charge in [0, 0.05) is 37.2 Å². The summed E-state index contributed by atoms with van der Waals surface area (Å²) in [5.41, 5.74) is 5.67. The Hall–Kier alpha value is -4.71. The van der Waals surface area contributed by atoms with Crippen molar-refractivity contribution in [1.29, 1.82) is 0 Å². The number of carbonyl (C=O) groups excluding carboxylic acids is 2. The molecule has 3 amide bonds. The van der Waals surface area contributed by atoms with Crippen LogP contribution in [0, 0.1) is 0 Å². The number of rotatable bonds is 8. The number of benzene rings is 3. The van der Waals surface area contributed by atoms with E-state index >= 15 is 0 Å². The van der Waals surface area contributed by atoms with Crippen LogP contribution in [-0.4, -0.2) is 16.9 Å². The van der Waals surface area contributed by atoms with Crippen molar-refractivity contribution in [1.82, 2.24) is 15.6 Å². The number of anilines is 1. The van der Waals surface area contributed by atoms with E-state index in [0.717, 1.165) is 27.8 Å². The molecule has 0 bridgehead atoms. The van der Waals surface area contributed by atoms with Gasteiger partial charge in [-0.05, 0) is 64.2 Å². The van der Waals surface area contributed by atoms with Gasteiger partial charge in [-0.2, -0.15) is 0 Å². The second-order valence-corrected chi connectivity index (χ2v) is 7.91. The minimum atomic E-state index is -0.302. The highest BCUT2D eigenvalue weighted by Gasteiger charge is 2.04. The number of carbonyl (C=O) groups is 2. The van der Waals surface area contributed by atoms with Crippen LogP contribution in [0.2, 0.25) is 0 Å². The van der Waals surface area contributed by atoms with E-state index in [2.05, 4.69) is 33.1 Å². The van der Waals surface area contributed by atoms with E-state index in [1.165, 1.54) is 6.08 Å². The minimum Gasteiger partial charge on any atom is -0.348 e. The molecule has 3 N–H and O–H groups in total. The normalized spacial score (nSPS) is 10.6. The Bertz CT molecular complexity index is 1300. The molecule has 1 aromatic heterocycles. The summed E-state index contributed by atoms with van der Waals surface area (Å²) in [6, 6.07) is 28.9. The second kappa shape index (κ2) is 12.0. The first-order valence-corrected chi connectivity index (χ1v) is 11.3. The Kier molecular flexibility index (Phi) is 8.01. The van der Waals surface area contributed by atoms with Crippen molar-refractivity contribution in [3.05, 3.63) is 126 Å². The molecule has 0 radical (unpaired) electrons. The van der Waals surface area contributed by atoms with Crippen LogP contribution in [0.3, 0.4) is 0 Å². The third-order valence-corrected chi connectivity index (χ3v) is 5.27. The quantitative estimate of drug-likeness (QED) is 0.307. The van der Waals surface area contributed by atoms with Gasteiger partial charge in [0.1, 0.15) is 0 Å². The SMILES string of the molecule is O=C(C=Cc1cccc(-c2ccccc2)c1)NCc1cccc(NC(=O)NCc2ccncc2)c1. The Balaban J connectivity index is 1.27. The third kappa shape index (κ3) is 7.40. The molecule has 0 aliphatic heterocycles. The zero-order valence-corrected chi connectivity index (χ0v) is 19.1. The molecule has 0 spiro atoms. The van der Waals surface area contributed by atoms with Crippen molar-refractivity contribution in [2.24, 2.45) is 0 Å². The monoisotopic (exact) mass is 462 g/mol. The van der Waals surface area contributed by atoms with Crippen molar-refractivity contribution in [2.45, 2.75) is 13.1 Å². The summed E-state index contributed by atoms with van der Waals surface area (Å²) in [6.45, 7) is 0.756. The molecular weight excluding hydrogens is 436 g/mol. The summed E-state index contributed by atoms with van der Waals surface area (Å²) in [5, 5.41) is 8.50. The van der Waals surface area contributed by atoms with Crippen LogP contribution in [-0.2, 0) is 17.9 Å². The molecule has 6 nitrogen and oxygen atoms in total. The third-order valence-electron chi connectivity index (χ3n) is 5.27. The molecule has 0 atom stereocenters. The molecular formula is C29H26N4O2. The van der Waals surface area contributed by atoms with Crippen molar-refractivity contribution in [3.8, 4) is 11.1 Å². The van der Waals surface area contributed by atoms with E-state index in [4.69, 9.17) is 0 Å². The van der Waals surface area contributed by atoms with Gasteiger partial charge in [0.05, 0.1) is 0 Å². The maximum atomic E-state index is 12.3. The van der Waals surface area contributed by atoms with Gasteiger partial charge in [0.2, 0.25) is 5.91 Å². The molecule has 0 saturated carbocycles. The Morgan fingerprint density at radius 2 is 1.46 bits per heavy atom. The lowest BCUT2D eigenvalue weighted by Gasteiger charge is -2.09. The summed E-state index contributed by atoms with van der Waals surface area (Å²) in [5.74, 6) is -0.191. The summed E-state index contributed by atoms with van der Waals surface area (Å²) in [7, 11) is 0. The molecule has 4 aromatic rings. The first-order valence-electron chi connectivity index (χ1n) is 11.3. The first-order chi connectivity index (χ1) is 17.2. The maximum Gasteiger partial charge on any atom is 0.319 e.